The first-order chi connectivity index (χ1) is 9.59. The average molecular weight is 273 g/mol. The lowest BCUT2D eigenvalue weighted by Crippen LogP contribution is -2.07. The quantitative estimate of drug-likeness (QED) is 0.867. The molecule has 0 atom stereocenters. The van der Waals surface area contributed by atoms with Crippen molar-refractivity contribution in [1.82, 2.24) is 0 Å². The van der Waals surface area contributed by atoms with E-state index in [4.69, 9.17) is 5.11 Å². The highest BCUT2D eigenvalue weighted by Crippen LogP contribution is 2.07. The van der Waals surface area contributed by atoms with Gasteiger partial charge in [0.25, 0.3) is 0 Å². The molecule has 0 unspecified atom stereocenters. The summed E-state index contributed by atoms with van der Waals surface area (Å²) in [5.74, 6) is 0. The molecule has 1 N–H and O–H groups in total. The minimum Gasteiger partial charge on any atom is -0.450 e. The SMILES string of the molecule is CN(C)c1ccccc1.O=C(O)OCc1ccccc1. The molecule has 2 aromatic carbocycles. The van der Waals surface area contributed by atoms with Gasteiger partial charge in [0.15, 0.2) is 0 Å². The van der Waals surface area contributed by atoms with Crippen LogP contribution in [0.25, 0.3) is 0 Å². The third kappa shape index (κ3) is 6.44. The third-order valence-corrected chi connectivity index (χ3v) is 2.48. The zero-order valence-electron chi connectivity index (χ0n) is 11.7. The fraction of sp³-hybridized carbons (Fsp3) is 0.188. The first kappa shape index (κ1) is 15.6. The summed E-state index contributed by atoms with van der Waals surface area (Å²) < 4.78 is 4.34. The molecule has 2 aromatic rings. The van der Waals surface area contributed by atoms with E-state index in [-0.39, 0.29) is 6.61 Å². The van der Waals surface area contributed by atoms with E-state index in [1.165, 1.54) is 5.69 Å². The Morgan fingerprint density at radius 3 is 1.90 bits per heavy atom. The molecule has 0 radical (unpaired) electrons. The van der Waals surface area contributed by atoms with Gasteiger partial charge in [0.05, 0.1) is 0 Å². The van der Waals surface area contributed by atoms with Crippen LogP contribution in [0.5, 0.6) is 0 Å². The zero-order valence-corrected chi connectivity index (χ0v) is 11.7. The minimum absolute atomic E-state index is 0.121. The van der Waals surface area contributed by atoms with Crippen LogP contribution in [0.4, 0.5) is 10.5 Å². The van der Waals surface area contributed by atoms with Gasteiger partial charge in [0, 0.05) is 19.8 Å². The molecular formula is C16H19NO3. The fourth-order valence-corrected chi connectivity index (χ4v) is 1.45. The van der Waals surface area contributed by atoms with Gasteiger partial charge in [-0.3, -0.25) is 0 Å². The lowest BCUT2D eigenvalue weighted by molar-refractivity contribution is 0.0854. The molecule has 2 rings (SSSR count). The van der Waals surface area contributed by atoms with Crippen LogP contribution in [-0.4, -0.2) is 25.4 Å². The van der Waals surface area contributed by atoms with Crippen molar-refractivity contribution < 1.29 is 14.6 Å². The summed E-state index contributed by atoms with van der Waals surface area (Å²) >= 11 is 0. The van der Waals surface area contributed by atoms with E-state index in [0.29, 0.717) is 0 Å². The molecule has 20 heavy (non-hydrogen) atoms. The number of nitrogens with zero attached hydrogens (tertiary/aromatic N) is 1. The zero-order chi connectivity index (χ0) is 14.8. The third-order valence-electron chi connectivity index (χ3n) is 2.48. The van der Waals surface area contributed by atoms with E-state index >= 15 is 0 Å². The number of hydrogen-bond acceptors (Lipinski definition) is 3. The topological polar surface area (TPSA) is 49.8 Å². The predicted molar refractivity (Wildman–Crippen MR) is 80.0 cm³/mol. The summed E-state index contributed by atoms with van der Waals surface area (Å²) in [6.45, 7) is 0.121. The van der Waals surface area contributed by atoms with Crippen LogP contribution < -0.4 is 4.90 Å². The highest BCUT2D eigenvalue weighted by molar-refractivity contribution is 5.56. The van der Waals surface area contributed by atoms with Crippen LogP contribution in [0.3, 0.4) is 0 Å². The largest absolute Gasteiger partial charge is 0.506 e. The summed E-state index contributed by atoms with van der Waals surface area (Å²) in [4.78, 5) is 12.0. The summed E-state index contributed by atoms with van der Waals surface area (Å²) in [7, 11) is 4.07. The Balaban J connectivity index is 0.000000204. The summed E-state index contributed by atoms with van der Waals surface area (Å²) in [5.41, 5.74) is 2.10. The van der Waals surface area contributed by atoms with Crippen molar-refractivity contribution in [3.05, 3.63) is 66.2 Å². The number of carboxylic acid groups (broad SMARTS) is 1. The number of hydrogen-bond donors (Lipinski definition) is 1. The molecule has 0 saturated heterocycles. The molecule has 0 aliphatic carbocycles. The second-order valence-corrected chi connectivity index (χ2v) is 4.27. The molecular weight excluding hydrogens is 254 g/mol. The molecule has 0 aromatic heterocycles. The molecule has 0 saturated carbocycles. The Labute approximate surface area is 119 Å². The van der Waals surface area contributed by atoms with Crippen LogP contribution in [0.15, 0.2) is 60.7 Å². The second-order valence-electron chi connectivity index (χ2n) is 4.27. The van der Waals surface area contributed by atoms with Crippen LogP contribution in [-0.2, 0) is 11.3 Å². The van der Waals surface area contributed by atoms with Gasteiger partial charge >= 0.3 is 6.16 Å². The highest BCUT2D eigenvalue weighted by Gasteiger charge is 1.95. The van der Waals surface area contributed by atoms with Gasteiger partial charge in [-0.2, -0.15) is 0 Å². The summed E-state index contributed by atoms with van der Waals surface area (Å²) in [5, 5.41) is 8.15. The Kier molecular flexibility index (Phi) is 6.68. The van der Waals surface area contributed by atoms with E-state index in [1.54, 1.807) is 0 Å². The molecule has 0 heterocycles. The van der Waals surface area contributed by atoms with E-state index < -0.39 is 6.16 Å². The monoisotopic (exact) mass is 273 g/mol. The van der Waals surface area contributed by atoms with Crippen LogP contribution >= 0.6 is 0 Å². The van der Waals surface area contributed by atoms with E-state index in [1.807, 2.05) is 62.6 Å². The summed E-state index contributed by atoms with van der Waals surface area (Å²) in [6, 6.07) is 19.4. The maximum Gasteiger partial charge on any atom is 0.506 e. The van der Waals surface area contributed by atoms with Crippen molar-refractivity contribution in [2.45, 2.75) is 6.61 Å². The molecule has 0 bridgehead atoms. The van der Waals surface area contributed by atoms with Crippen molar-refractivity contribution in [3.8, 4) is 0 Å². The maximum absolute atomic E-state index is 9.95. The molecule has 0 fully saturated rings. The first-order valence-electron chi connectivity index (χ1n) is 6.21. The Hall–Kier alpha value is -2.49. The van der Waals surface area contributed by atoms with E-state index in [0.717, 1.165) is 5.56 Å². The molecule has 0 aliphatic rings. The van der Waals surface area contributed by atoms with Gasteiger partial charge in [-0.05, 0) is 17.7 Å². The Morgan fingerprint density at radius 1 is 1.00 bits per heavy atom. The van der Waals surface area contributed by atoms with E-state index in [2.05, 4.69) is 21.8 Å². The first-order valence-corrected chi connectivity index (χ1v) is 6.21. The number of anilines is 1. The normalized spacial score (nSPS) is 9.10. The number of benzene rings is 2. The van der Waals surface area contributed by atoms with Crippen molar-refractivity contribution >= 4 is 11.8 Å². The van der Waals surface area contributed by atoms with Crippen LogP contribution in [0.2, 0.25) is 0 Å². The second kappa shape index (κ2) is 8.58. The van der Waals surface area contributed by atoms with E-state index in [9.17, 15) is 4.79 Å². The highest BCUT2D eigenvalue weighted by atomic mass is 16.7. The standard InChI is InChI=1S/C8H11N.C8H8O3/c1-9(2)8-6-4-3-5-7-8;9-8(10)11-6-7-4-2-1-3-5-7/h3-7H,1-2H3;1-5H,6H2,(H,9,10). The maximum atomic E-state index is 9.95. The van der Waals surface area contributed by atoms with Crippen LogP contribution in [0, 0.1) is 0 Å². The molecule has 0 amide bonds. The molecule has 4 nitrogen and oxygen atoms in total. The number of rotatable bonds is 3. The van der Waals surface area contributed by atoms with Gasteiger partial charge in [0.1, 0.15) is 6.61 Å². The molecule has 106 valence electrons. The number of ether oxygens (including phenoxy) is 1. The lowest BCUT2D eigenvalue weighted by atomic mass is 10.2. The van der Waals surface area contributed by atoms with Gasteiger partial charge in [-0.25, -0.2) is 4.79 Å². The lowest BCUT2D eigenvalue weighted by Gasteiger charge is -2.10. The van der Waals surface area contributed by atoms with Crippen molar-refractivity contribution in [3.63, 3.8) is 0 Å². The molecule has 4 heteroatoms. The van der Waals surface area contributed by atoms with Gasteiger partial charge in [-0.15, -0.1) is 0 Å². The summed E-state index contributed by atoms with van der Waals surface area (Å²) in [6.07, 6.45) is -1.24. The van der Waals surface area contributed by atoms with Crippen molar-refractivity contribution in [1.29, 1.82) is 0 Å². The van der Waals surface area contributed by atoms with Crippen molar-refractivity contribution in [2.24, 2.45) is 0 Å². The van der Waals surface area contributed by atoms with Crippen molar-refractivity contribution in [2.75, 3.05) is 19.0 Å². The molecule has 0 spiro atoms. The van der Waals surface area contributed by atoms with Gasteiger partial charge in [0.2, 0.25) is 0 Å². The smallest absolute Gasteiger partial charge is 0.450 e. The predicted octanol–water partition coefficient (Wildman–Crippen LogP) is 3.63. The minimum atomic E-state index is -1.24. The average Bonchev–Trinajstić information content (AvgIpc) is 2.48. The number of para-hydroxylation sites is 1. The van der Waals surface area contributed by atoms with Gasteiger partial charge in [-0.1, -0.05) is 48.5 Å². The Bertz CT molecular complexity index is 498. The Morgan fingerprint density at radius 2 is 1.50 bits per heavy atom. The number of carbonyl (C=O) groups is 1. The van der Waals surface area contributed by atoms with Gasteiger partial charge < -0.3 is 14.7 Å². The van der Waals surface area contributed by atoms with Crippen LogP contribution in [0.1, 0.15) is 5.56 Å². The fourth-order valence-electron chi connectivity index (χ4n) is 1.45. The molecule has 0 aliphatic heterocycles.